The Morgan fingerprint density at radius 3 is 3.08 bits per heavy atom. The van der Waals surface area contributed by atoms with Crippen molar-refractivity contribution >= 4 is 0 Å². The molecule has 0 saturated carbocycles. The molecular formula is C9H12N2O2. The molecule has 0 aliphatic carbocycles. The fraction of sp³-hybridized carbons (Fsp3) is 0.556. The molecule has 0 bridgehead atoms. The lowest BCUT2D eigenvalue weighted by Gasteiger charge is -2.25. The van der Waals surface area contributed by atoms with E-state index in [0.717, 1.165) is 12.1 Å². The van der Waals surface area contributed by atoms with Crippen LogP contribution in [-0.2, 0) is 4.74 Å². The number of hydrogen-bond acceptors (Lipinski definition) is 4. The molecule has 0 spiro atoms. The molecule has 0 amide bonds. The lowest BCUT2D eigenvalue weighted by molar-refractivity contribution is -0.0467. The average molecular weight is 180 g/mol. The van der Waals surface area contributed by atoms with Crippen molar-refractivity contribution in [1.82, 2.24) is 9.97 Å². The highest BCUT2D eigenvalue weighted by Gasteiger charge is 2.23. The molecule has 0 aromatic carbocycles. The molecule has 4 nitrogen and oxygen atoms in total. The number of hydrogen-bond donors (Lipinski definition) is 1. The Morgan fingerprint density at radius 2 is 2.38 bits per heavy atom. The molecule has 2 unspecified atom stereocenters. The molecule has 2 heterocycles. The highest BCUT2D eigenvalue weighted by atomic mass is 16.5. The van der Waals surface area contributed by atoms with E-state index in [1.165, 1.54) is 0 Å². The topological polar surface area (TPSA) is 55.2 Å². The first-order chi connectivity index (χ1) is 6.36. The van der Waals surface area contributed by atoms with Crippen LogP contribution >= 0.6 is 0 Å². The lowest BCUT2D eigenvalue weighted by Crippen LogP contribution is -2.23. The van der Waals surface area contributed by atoms with Gasteiger partial charge < -0.3 is 9.84 Å². The van der Waals surface area contributed by atoms with Crippen molar-refractivity contribution in [2.45, 2.75) is 25.0 Å². The molecule has 1 aromatic heterocycles. The Balaban J connectivity index is 2.08. The third-order valence-corrected chi connectivity index (χ3v) is 2.17. The van der Waals surface area contributed by atoms with E-state index in [9.17, 15) is 5.11 Å². The minimum Gasteiger partial charge on any atom is -0.393 e. The van der Waals surface area contributed by atoms with Crippen molar-refractivity contribution in [3.8, 4) is 0 Å². The molecule has 1 fully saturated rings. The summed E-state index contributed by atoms with van der Waals surface area (Å²) in [7, 11) is 0. The SMILES string of the molecule is OC1CCOC(c2cnccn2)C1. The first-order valence-electron chi connectivity index (χ1n) is 4.42. The summed E-state index contributed by atoms with van der Waals surface area (Å²) in [5.41, 5.74) is 0.807. The van der Waals surface area contributed by atoms with Gasteiger partial charge in [0.15, 0.2) is 0 Å². The zero-order chi connectivity index (χ0) is 9.10. The van der Waals surface area contributed by atoms with Crippen LogP contribution in [0.25, 0.3) is 0 Å². The van der Waals surface area contributed by atoms with Crippen LogP contribution in [0.4, 0.5) is 0 Å². The Kier molecular flexibility index (Phi) is 2.52. The van der Waals surface area contributed by atoms with Gasteiger partial charge in [-0.25, -0.2) is 0 Å². The molecule has 1 aliphatic rings. The van der Waals surface area contributed by atoms with Crippen LogP contribution < -0.4 is 0 Å². The molecule has 4 heteroatoms. The maximum atomic E-state index is 9.41. The predicted molar refractivity (Wildman–Crippen MR) is 46.0 cm³/mol. The monoisotopic (exact) mass is 180 g/mol. The van der Waals surface area contributed by atoms with E-state index in [-0.39, 0.29) is 12.2 Å². The highest BCUT2D eigenvalue weighted by Crippen LogP contribution is 2.25. The van der Waals surface area contributed by atoms with Gasteiger partial charge in [0.1, 0.15) is 6.10 Å². The number of nitrogens with zero attached hydrogens (tertiary/aromatic N) is 2. The van der Waals surface area contributed by atoms with Crippen molar-refractivity contribution in [2.75, 3.05) is 6.61 Å². The molecule has 2 atom stereocenters. The summed E-state index contributed by atoms with van der Waals surface area (Å²) in [5.74, 6) is 0. The van der Waals surface area contributed by atoms with Gasteiger partial charge >= 0.3 is 0 Å². The zero-order valence-electron chi connectivity index (χ0n) is 7.26. The van der Waals surface area contributed by atoms with Gasteiger partial charge in [-0.1, -0.05) is 0 Å². The van der Waals surface area contributed by atoms with Gasteiger partial charge in [0.25, 0.3) is 0 Å². The average Bonchev–Trinajstić information content (AvgIpc) is 2.19. The first kappa shape index (κ1) is 8.59. The summed E-state index contributed by atoms with van der Waals surface area (Å²) in [6, 6.07) is 0. The maximum Gasteiger partial charge on any atom is 0.103 e. The molecule has 1 saturated heterocycles. The van der Waals surface area contributed by atoms with Crippen LogP contribution in [0.15, 0.2) is 18.6 Å². The third kappa shape index (κ3) is 2.02. The lowest BCUT2D eigenvalue weighted by atomic mass is 10.0. The second kappa shape index (κ2) is 3.81. The predicted octanol–water partition coefficient (Wildman–Crippen LogP) is 0.689. The zero-order valence-corrected chi connectivity index (χ0v) is 7.26. The Morgan fingerprint density at radius 1 is 1.46 bits per heavy atom. The molecule has 1 aliphatic heterocycles. The van der Waals surface area contributed by atoms with Crippen LogP contribution in [-0.4, -0.2) is 27.8 Å². The van der Waals surface area contributed by atoms with Crippen molar-refractivity contribution in [3.05, 3.63) is 24.3 Å². The molecule has 70 valence electrons. The Bertz CT molecular complexity index is 266. The second-order valence-corrected chi connectivity index (χ2v) is 3.17. The summed E-state index contributed by atoms with van der Waals surface area (Å²) in [6.45, 7) is 0.600. The second-order valence-electron chi connectivity index (χ2n) is 3.17. The number of aliphatic hydroxyl groups excluding tert-OH is 1. The van der Waals surface area contributed by atoms with E-state index < -0.39 is 0 Å². The van der Waals surface area contributed by atoms with E-state index >= 15 is 0 Å². The minimum absolute atomic E-state index is 0.0857. The fourth-order valence-corrected chi connectivity index (χ4v) is 1.46. The molecule has 1 N–H and O–H groups in total. The first-order valence-corrected chi connectivity index (χ1v) is 4.42. The molecule has 13 heavy (non-hydrogen) atoms. The summed E-state index contributed by atoms with van der Waals surface area (Å²) in [4.78, 5) is 8.10. The van der Waals surface area contributed by atoms with E-state index in [0.29, 0.717) is 13.0 Å². The smallest absolute Gasteiger partial charge is 0.103 e. The summed E-state index contributed by atoms with van der Waals surface area (Å²) >= 11 is 0. The standard InChI is InChI=1S/C9H12N2O2/c12-7-1-4-13-9(5-7)8-6-10-2-3-11-8/h2-3,6-7,9,12H,1,4-5H2. The van der Waals surface area contributed by atoms with Gasteiger partial charge in [0.05, 0.1) is 18.0 Å². The van der Waals surface area contributed by atoms with Gasteiger partial charge in [-0.15, -0.1) is 0 Å². The van der Waals surface area contributed by atoms with Crippen molar-refractivity contribution in [2.24, 2.45) is 0 Å². The molecule has 1 aromatic rings. The largest absolute Gasteiger partial charge is 0.393 e. The number of aliphatic hydroxyl groups is 1. The number of aromatic nitrogens is 2. The van der Waals surface area contributed by atoms with Gasteiger partial charge in [-0.2, -0.15) is 0 Å². The molecular weight excluding hydrogens is 168 g/mol. The fourth-order valence-electron chi connectivity index (χ4n) is 1.46. The quantitative estimate of drug-likeness (QED) is 0.690. The van der Waals surface area contributed by atoms with Crippen LogP contribution in [0.1, 0.15) is 24.6 Å². The van der Waals surface area contributed by atoms with E-state index in [4.69, 9.17) is 4.74 Å². The summed E-state index contributed by atoms with van der Waals surface area (Å²) in [6.07, 6.45) is 5.94. The number of rotatable bonds is 1. The van der Waals surface area contributed by atoms with E-state index in [2.05, 4.69) is 9.97 Å². The normalized spacial score (nSPS) is 28.7. The Hall–Kier alpha value is -1.00. The van der Waals surface area contributed by atoms with E-state index in [1.54, 1.807) is 18.6 Å². The van der Waals surface area contributed by atoms with Crippen LogP contribution in [0, 0.1) is 0 Å². The van der Waals surface area contributed by atoms with Crippen LogP contribution in [0.5, 0.6) is 0 Å². The van der Waals surface area contributed by atoms with Crippen molar-refractivity contribution < 1.29 is 9.84 Å². The summed E-state index contributed by atoms with van der Waals surface area (Å²) in [5, 5.41) is 9.41. The van der Waals surface area contributed by atoms with Crippen LogP contribution in [0.3, 0.4) is 0 Å². The van der Waals surface area contributed by atoms with E-state index in [1.807, 2.05) is 0 Å². The molecule has 0 radical (unpaired) electrons. The van der Waals surface area contributed by atoms with Crippen molar-refractivity contribution in [3.63, 3.8) is 0 Å². The van der Waals surface area contributed by atoms with Crippen LogP contribution in [0.2, 0.25) is 0 Å². The maximum absolute atomic E-state index is 9.41. The summed E-state index contributed by atoms with van der Waals surface area (Å²) < 4.78 is 5.47. The van der Waals surface area contributed by atoms with Gasteiger partial charge in [0, 0.05) is 25.4 Å². The van der Waals surface area contributed by atoms with Crippen molar-refractivity contribution in [1.29, 1.82) is 0 Å². The highest BCUT2D eigenvalue weighted by molar-refractivity contribution is 5.01. The Labute approximate surface area is 76.6 Å². The number of ether oxygens (including phenoxy) is 1. The van der Waals surface area contributed by atoms with Gasteiger partial charge in [-0.05, 0) is 6.42 Å². The third-order valence-electron chi connectivity index (χ3n) is 2.17. The van der Waals surface area contributed by atoms with Gasteiger partial charge in [-0.3, -0.25) is 9.97 Å². The minimum atomic E-state index is -0.263. The molecule has 2 rings (SSSR count). The van der Waals surface area contributed by atoms with Gasteiger partial charge in [0.2, 0.25) is 0 Å².